The van der Waals surface area contributed by atoms with Crippen LogP contribution in [0.25, 0.3) is 0 Å². The second-order valence-electron chi connectivity index (χ2n) is 6.20. The van der Waals surface area contributed by atoms with E-state index in [1.165, 1.54) is 25.1 Å². The maximum atomic E-state index is 3.73. The average molecular weight is 260 g/mol. The summed E-state index contributed by atoms with van der Waals surface area (Å²) >= 11 is 0. The van der Waals surface area contributed by atoms with Crippen molar-refractivity contribution in [2.75, 3.05) is 19.6 Å². The predicted octanol–water partition coefficient (Wildman–Crippen LogP) is 2.94. The molecule has 0 radical (unpaired) electrons. The molecule has 0 aliphatic carbocycles. The number of nitrogens with zero attached hydrogens (tertiary/aromatic N) is 1. The highest BCUT2D eigenvalue weighted by atomic mass is 15.2. The fraction of sp³-hybridized carbons (Fsp3) is 0.647. The third-order valence-corrected chi connectivity index (χ3v) is 4.01. The monoisotopic (exact) mass is 260 g/mol. The third kappa shape index (κ3) is 4.32. The standard InChI is InChI=1S/C17H28N2/c1-4-17-11-18-16(13-19(17)12-14(2)3)10-15-8-6-5-7-9-15/h5-9,14,16-18H,4,10-13H2,1-3H3. The first-order valence-corrected chi connectivity index (χ1v) is 7.70. The fourth-order valence-electron chi connectivity index (χ4n) is 3.06. The Labute approximate surface area is 118 Å². The van der Waals surface area contributed by atoms with E-state index in [4.69, 9.17) is 0 Å². The van der Waals surface area contributed by atoms with E-state index >= 15 is 0 Å². The molecule has 1 heterocycles. The van der Waals surface area contributed by atoms with Gasteiger partial charge in [-0.3, -0.25) is 4.90 Å². The molecule has 0 bridgehead atoms. The number of hydrogen-bond donors (Lipinski definition) is 1. The van der Waals surface area contributed by atoms with Crippen LogP contribution in [0.4, 0.5) is 0 Å². The molecule has 106 valence electrons. The highest BCUT2D eigenvalue weighted by Crippen LogP contribution is 2.15. The Hall–Kier alpha value is -0.860. The Morgan fingerprint density at radius 2 is 2.00 bits per heavy atom. The van der Waals surface area contributed by atoms with E-state index in [1.807, 2.05) is 0 Å². The normalized spacial score (nSPS) is 24.8. The summed E-state index contributed by atoms with van der Waals surface area (Å²) in [6, 6.07) is 12.2. The van der Waals surface area contributed by atoms with Gasteiger partial charge in [0.1, 0.15) is 0 Å². The van der Waals surface area contributed by atoms with E-state index in [9.17, 15) is 0 Å². The Kier molecular flexibility index (Phi) is 5.41. The number of hydrogen-bond acceptors (Lipinski definition) is 2. The minimum absolute atomic E-state index is 0.601. The van der Waals surface area contributed by atoms with Gasteiger partial charge in [0, 0.05) is 31.7 Å². The maximum Gasteiger partial charge on any atom is 0.0236 e. The Bertz CT molecular complexity index is 361. The summed E-state index contributed by atoms with van der Waals surface area (Å²) in [7, 11) is 0. The molecular formula is C17H28N2. The van der Waals surface area contributed by atoms with E-state index < -0.39 is 0 Å². The van der Waals surface area contributed by atoms with Crippen molar-refractivity contribution in [2.24, 2.45) is 5.92 Å². The Balaban J connectivity index is 1.93. The van der Waals surface area contributed by atoms with Crippen molar-refractivity contribution in [3.05, 3.63) is 35.9 Å². The molecule has 0 spiro atoms. The van der Waals surface area contributed by atoms with Gasteiger partial charge in [0.15, 0.2) is 0 Å². The molecule has 0 saturated carbocycles. The minimum Gasteiger partial charge on any atom is -0.311 e. The summed E-state index contributed by atoms with van der Waals surface area (Å²) in [4.78, 5) is 2.69. The van der Waals surface area contributed by atoms with Crippen molar-refractivity contribution in [3.63, 3.8) is 0 Å². The summed E-state index contributed by atoms with van der Waals surface area (Å²) in [5.41, 5.74) is 1.44. The van der Waals surface area contributed by atoms with Gasteiger partial charge in [0.2, 0.25) is 0 Å². The molecule has 1 N–H and O–H groups in total. The molecule has 1 saturated heterocycles. The molecule has 2 rings (SSSR count). The molecule has 2 nitrogen and oxygen atoms in total. The molecule has 2 unspecified atom stereocenters. The SMILES string of the molecule is CCC1CNC(Cc2ccccc2)CN1CC(C)C. The zero-order valence-electron chi connectivity index (χ0n) is 12.6. The van der Waals surface area contributed by atoms with E-state index in [0.717, 1.165) is 24.9 Å². The van der Waals surface area contributed by atoms with Gasteiger partial charge in [-0.2, -0.15) is 0 Å². The second kappa shape index (κ2) is 7.06. The molecular weight excluding hydrogens is 232 g/mol. The van der Waals surface area contributed by atoms with Gasteiger partial charge in [-0.25, -0.2) is 0 Å². The van der Waals surface area contributed by atoms with Crippen LogP contribution in [0.3, 0.4) is 0 Å². The Morgan fingerprint density at radius 3 is 2.63 bits per heavy atom. The van der Waals surface area contributed by atoms with Crippen LogP contribution in [-0.4, -0.2) is 36.6 Å². The van der Waals surface area contributed by atoms with Crippen LogP contribution in [0.15, 0.2) is 30.3 Å². The van der Waals surface area contributed by atoms with Crippen LogP contribution in [-0.2, 0) is 6.42 Å². The van der Waals surface area contributed by atoms with Gasteiger partial charge in [-0.15, -0.1) is 0 Å². The molecule has 2 heteroatoms. The molecule has 1 aromatic rings. The first kappa shape index (κ1) is 14.5. The number of piperazine rings is 1. The predicted molar refractivity (Wildman–Crippen MR) is 82.4 cm³/mol. The van der Waals surface area contributed by atoms with E-state index in [1.54, 1.807) is 0 Å². The van der Waals surface area contributed by atoms with E-state index in [-0.39, 0.29) is 0 Å². The largest absolute Gasteiger partial charge is 0.311 e. The summed E-state index contributed by atoms with van der Waals surface area (Å²) in [5.74, 6) is 0.754. The lowest BCUT2D eigenvalue weighted by Gasteiger charge is -2.41. The topological polar surface area (TPSA) is 15.3 Å². The molecule has 1 aliphatic rings. The van der Waals surface area contributed by atoms with Crippen LogP contribution in [0.5, 0.6) is 0 Å². The van der Waals surface area contributed by atoms with Gasteiger partial charge in [0.05, 0.1) is 0 Å². The quantitative estimate of drug-likeness (QED) is 0.875. The average Bonchev–Trinajstić information content (AvgIpc) is 2.39. The van der Waals surface area contributed by atoms with Crippen molar-refractivity contribution in [2.45, 2.75) is 45.7 Å². The summed E-state index contributed by atoms with van der Waals surface area (Å²) in [6.07, 6.45) is 2.39. The molecule has 1 aliphatic heterocycles. The van der Waals surface area contributed by atoms with Gasteiger partial charge in [-0.1, -0.05) is 51.1 Å². The van der Waals surface area contributed by atoms with Crippen molar-refractivity contribution in [1.82, 2.24) is 10.2 Å². The highest BCUT2D eigenvalue weighted by molar-refractivity contribution is 5.16. The molecule has 19 heavy (non-hydrogen) atoms. The van der Waals surface area contributed by atoms with E-state index in [2.05, 4.69) is 61.3 Å². The lowest BCUT2D eigenvalue weighted by atomic mass is 9.99. The molecule has 0 aromatic heterocycles. The molecule has 1 aromatic carbocycles. The van der Waals surface area contributed by atoms with Crippen LogP contribution >= 0.6 is 0 Å². The van der Waals surface area contributed by atoms with Gasteiger partial charge >= 0.3 is 0 Å². The van der Waals surface area contributed by atoms with Crippen molar-refractivity contribution < 1.29 is 0 Å². The number of nitrogens with one attached hydrogen (secondary N) is 1. The molecule has 1 fully saturated rings. The van der Waals surface area contributed by atoms with Crippen molar-refractivity contribution in [3.8, 4) is 0 Å². The summed E-state index contributed by atoms with van der Waals surface area (Å²) in [5, 5.41) is 3.73. The Morgan fingerprint density at radius 1 is 1.26 bits per heavy atom. The zero-order valence-corrected chi connectivity index (χ0v) is 12.6. The number of rotatable bonds is 5. The first-order chi connectivity index (χ1) is 9.19. The van der Waals surface area contributed by atoms with Crippen LogP contribution < -0.4 is 5.32 Å². The zero-order chi connectivity index (χ0) is 13.7. The highest BCUT2D eigenvalue weighted by Gasteiger charge is 2.26. The van der Waals surface area contributed by atoms with Gasteiger partial charge < -0.3 is 5.32 Å². The lowest BCUT2D eigenvalue weighted by molar-refractivity contribution is 0.112. The summed E-state index contributed by atoms with van der Waals surface area (Å²) in [6.45, 7) is 10.5. The summed E-state index contributed by atoms with van der Waals surface area (Å²) < 4.78 is 0. The van der Waals surface area contributed by atoms with Crippen LogP contribution in [0, 0.1) is 5.92 Å². The van der Waals surface area contributed by atoms with E-state index in [0.29, 0.717) is 6.04 Å². The second-order valence-corrected chi connectivity index (χ2v) is 6.20. The van der Waals surface area contributed by atoms with Crippen LogP contribution in [0.2, 0.25) is 0 Å². The van der Waals surface area contributed by atoms with Crippen molar-refractivity contribution in [1.29, 1.82) is 0 Å². The fourth-order valence-corrected chi connectivity index (χ4v) is 3.06. The molecule has 2 atom stereocenters. The van der Waals surface area contributed by atoms with Gasteiger partial charge in [0.25, 0.3) is 0 Å². The van der Waals surface area contributed by atoms with Gasteiger partial charge in [-0.05, 0) is 24.3 Å². The first-order valence-electron chi connectivity index (χ1n) is 7.70. The smallest absolute Gasteiger partial charge is 0.0236 e. The van der Waals surface area contributed by atoms with Crippen LogP contribution in [0.1, 0.15) is 32.8 Å². The molecule has 0 amide bonds. The minimum atomic E-state index is 0.601. The van der Waals surface area contributed by atoms with Crippen molar-refractivity contribution >= 4 is 0 Å². The maximum absolute atomic E-state index is 3.73. The number of benzene rings is 1. The lowest BCUT2D eigenvalue weighted by Crippen LogP contribution is -2.57. The third-order valence-electron chi connectivity index (χ3n) is 4.01.